The second kappa shape index (κ2) is 11.0. The van der Waals surface area contributed by atoms with Gasteiger partial charge in [0.25, 0.3) is 5.56 Å². The van der Waals surface area contributed by atoms with Gasteiger partial charge in [0.05, 0.1) is 32.4 Å². The number of aryl methyl sites for hydroxylation is 2. The number of morpholine rings is 1. The predicted molar refractivity (Wildman–Crippen MR) is 141 cm³/mol. The van der Waals surface area contributed by atoms with Crippen molar-refractivity contribution >= 4 is 33.9 Å². The van der Waals surface area contributed by atoms with E-state index in [1.54, 1.807) is 7.11 Å². The minimum atomic E-state index is -0.0789. The van der Waals surface area contributed by atoms with E-state index in [0.717, 1.165) is 66.3 Å². The van der Waals surface area contributed by atoms with E-state index >= 15 is 0 Å². The summed E-state index contributed by atoms with van der Waals surface area (Å²) in [5.74, 6) is 0.786. The molecule has 0 atom stereocenters. The zero-order valence-corrected chi connectivity index (χ0v) is 20.8. The molecule has 34 heavy (non-hydrogen) atoms. The number of H-pyrrole nitrogens is 1. The van der Waals surface area contributed by atoms with E-state index in [4.69, 9.17) is 21.7 Å². The molecule has 0 spiro atoms. The molecule has 2 heterocycles. The molecule has 8 heteroatoms. The highest BCUT2D eigenvalue weighted by molar-refractivity contribution is 7.80. The maximum atomic E-state index is 13.0. The third-order valence-electron chi connectivity index (χ3n) is 6.41. The fraction of sp³-hybridized carbons (Fsp3) is 0.385. The van der Waals surface area contributed by atoms with E-state index in [9.17, 15) is 4.79 Å². The van der Waals surface area contributed by atoms with E-state index in [1.807, 2.05) is 37.3 Å². The van der Waals surface area contributed by atoms with E-state index < -0.39 is 0 Å². The Hall–Kier alpha value is -2.94. The Kier molecular flexibility index (Phi) is 7.82. The first-order valence-corrected chi connectivity index (χ1v) is 12.0. The molecule has 1 aliphatic rings. The van der Waals surface area contributed by atoms with Crippen molar-refractivity contribution in [1.82, 2.24) is 14.8 Å². The van der Waals surface area contributed by atoms with Crippen LogP contribution in [0.1, 0.15) is 16.7 Å². The average Bonchev–Trinajstić information content (AvgIpc) is 2.86. The summed E-state index contributed by atoms with van der Waals surface area (Å²) in [4.78, 5) is 20.5. The molecule has 3 aromatic rings. The number of aromatic amines is 1. The lowest BCUT2D eigenvalue weighted by Crippen LogP contribution is -2.44. The van der Waals surface area contributed by atoms with Crippen molar-refractivity contribution in [2.75, 3.05) is 51.8 Å². The fourth-order valence-electron chi connectivity index (χ4n) is 4.11. The second-order valence-corrected chi connectivity index (χ2v) is 9.02. The van der Waals surface area contributed by atoms with Crippen LogP contribution in [0, 0.1) is 13.8 Å². The van der Waals surface area contributed by atoms with E-state index in [1.165, 1.54) is 0 Å². The van der Waals surface area contributed by atoms with Gasteiger partial charge in [-0.2, -0.15) is 0 Å². The number of pyridine rings is 1. The van der Waals surface area contributed by atoms with Crippen molar-refractivity contribution in [3.8, 4) is 5.75 Å². The van der Waals surface area contributed by atoms with Crippen LogP contribution >= 0.6 is 12.2 Å². The Morgan fingerprint density at radius 3 is 2.62 bits per heavy atom. The topological polar surface area (TPSA) is 69.8 Å². The first-order valence-electron chi connectivity index (χ1n) is 11.6. The number of thiocarbonyl (C=S) groups is 1. The molecule has 2 aromatic carbocycles. The summed E-state index contributed by atoms with van der Waals surface area (Å²) >= 11 is 5.79. The first kappa shape index (κ1) is 24.2. The SMILES string of the molecule is COc1ccc(NC(=S)N(CCN2CCOCC2)Cc2cc3ccc(C)c(C)c3[nH]c2=O)cc1. The summed E-state index contributed by atoms with van der Waals surface area (Å²) in [5, 5.41) is 4.93. The third-order valence-corrected chi connectivity index (χ3v) is 6.77. The summed E-state index contributed by atoms with van der Waals surface area (Å²) in [6.45, 7) is 9.36. The molecule has 0 amide bonds. The Bertz CT molecular complexity index is 1200. The maximum absolute atomic E-state index is 13.0. The van der Waals surface area contributed by atoms with Crippen molar-refractivity contribution in [1.29, 1.82) is 0 Å². The lowest BCUT2D eigenvalue weighted by Gasteiger charge is -2.31. The highest BCUT2D eigenvalue weighted by atomic mass is 32.1. The number of hydrogen-bond acceptors (Lipinski definition) is 5. The molecule has 1 fully saturated rings. The molecule has 0 saturated carbocycles. The molecule has 2 N–H and O–H groups in total. The highest BCUT2D eigenvalue weighted by Crippen LogP contribution is 2.20. The summed E-state index contributed by atoms with van der Waals surface area (Å²) in [5.41, 5.74) is 4.64. The zero-order chi connectivity index (χ0) is 24.1. The minimum Gasteiger partial charge on any atom is -0.497 e. The largest absolute Gasteiger partial charge is 0.497 e. The van der Waals surface area contributed by atoms with Crippen LogP contribution in [0.3, 0.4) is 0 Å². The van der Waals surface area contributed by atoms with Crippen LogP contribution < -0.4 is 15.6 Å². The van der Waals surface area contributed by atoms with Crippen LogP contribution in [-0.4, -0.2) is 66.4 Å². The molecule has 1 saturated heterocycles. The molecule has 0 aliphatic carbocycles. The molecule has 4 rings (SSSR count). The number of ether oxygens (including phenoxy) is 2. The third kappa shape index (κ3) is 5.75. The standard InChI is InChI=1S/C26H32N4O3S/c1-18-4-5-20-16-21(25(31)28-24(20)19(18)2)17-30(11-10-29-12-14-33-15-13-29)26(34)27-22-6-8-23(32-3)9-7-22/h4-9,16H,10-15,17H2,1-3H3,(H,27,34)(H,28,31). The molecule has 7 nitrogen and oxygen atoms in total. The number of methoxy groups -OCH3 is 1. The Labute approximate surface area is 205 Å². The second-order valence-electron chi connectivity index (χ2n) is 8.63. The normalized spacial score (nSPS) is 14.2. The van der Waals surface area contributed by atoms with Gasteiger partial charge in [0, 0.05) is 37.4 Å². The summed E-state index contributed by atoms with van der Waals surface area (Å²) in [6.07, 6.45) is 0. The number of aromatic nitrogens is 1. The van der Waals surface area contributed by atoms with Gasteiger partial charge in [-0.05, 0) is 72.9 Å². The number of nitrogens with zero attached hydrogens (tertiary/aromatic N) is 2. The van der Waals surface area contributed by atoms with Crippen molar-refractivity contribution in [2.24, 2.45) is 0 Å². The number of hydrogen-bond donors (Lipinski definition) is 2. The number of benzene rings is 2. The van der Waals surface area contributed by atoms with E-state index in [0.29, 0.717) is 23.8 Å². The fourth-order valence-corrected chi connectivity index (χ4v) is 4.38. The Morgan fingerprint density at radius 2 is 1.91 bits per heavy atom. The van der Waals surface area contributed by atoms with Crippen LogP contribution in [0.25, 0.3) is 10.9 Å². The van der Waals surface area contributed by atoms with Crippen LogP contribution in [0.15, 0.2) is 47.3 Å². The quantitative estimate of drug-likeness (QED) is 0.500. The monoisotopic (exact) mass is 480 g/mol. The zero-order valence-electron chi connectivity index (χ0n) is 20.0. The lowest BCUT2D eigenvalue weighted by molar-refractivity contribution is 0.0358. The molecule has 0 radical (unpaired) electrons. The van der Waals surface area contributed by atoms with Crippen LogP contribution in [0.5, 0.6) is 5.75 Å². The first-order chi connectivity index (χ1) is 16.4. The van der Waals surface area contributed by atoms with Gasteiger partial charge in [-0.25, -0.2) is 0 Å². The van der Waals surface area contributed by atoms with E-state index in [2.05, 4.69) is 39.2 Å². The summed E-state index contributed by atoms with van der Waals surface area (Å²) in [6, 6.07) is 13.8. The number of nitrogens with one attached hydrogen (secondary N) is 2. The van der Waals surface area contributed by atoms with Gasteiger partial charge in [0.15, 0.2) is 5.11 Å². The van der Waals surface area contributed by atoms with Gasteiger partial charge in [0.2, 0.25) is 0 Å². The van der Waals surface area contributed by atoms with Gasteiger partial charge in [-0.15, -0.1) is 0 Å². The molecule has 1 aromatic heterocycles. The van der Waals surface area contributed by atoms with Crippen LogP contribution in [0.2, 0.25) is 0 Å². The minimum absolute atomic E-state index is 0.0789. The van der Waals surface area contributed by atoms with Crippen molar-refractivity contribution in [3.63, 3.8) is 0 Å². The summed E-state index contributed by atoms with van der Waals surface area (Å²) in [7, 11) is 1.64. The average molecular weight is 481 g/mol. The Morgan fingerprint density at radius 1 is 1.18 bits per heavy atom. The van der Waals surface area contributed by atoms with Gasteiger partial charge >= 0.3 is 0 Å². The predicted octanol–water partition coefficient (Wildman–Crippen LogP) is 3.68. The van der Waals surface area contributed by atoms with Crippen molar-refractivity contribution in [3.05, 3.63) is 69.5 Å². The maximum Gasteiger partial charge on any atom is 0.253 e. The van der Waals surface area contributed by atoms with Gasteiger partial charge in [-0.3, -0.25) is 9.69 Å². The number of rotatable bonds is 7. The highest BCUT2D eigenvalue weighted by Gasteiger charge is 2.17. The summed E-state index contributed by atoms with van der Waals surface area (Å²) < 4.78 is 10.7. The number of fused-ring (bicyclic) bond motifs is 1. The van der Waals surface area contributed by atoms with Gasteiger partial charge in [-0.1, -0.05) is 12.1 Å². The molecule has 1 aliphatic heterocycles. The van der Waals surface area contributed by atoms with Crippen molar-refractivity contribution < 1.29 is 9.47 Å². The van der Waals surface area contributed by atoms with Crippen LogP contribution in [-0.2, 0) is 11.3 Å². The molecule has 0 bridgehead atoms. The van der Waals surface area contributed by atoms with Gasteiger partial charge < -0.3 is 24.7 Å². The van der Waals surface area contributed by atoms with E-state index in [-0.39, 0.29) is 5.56 Å². The van der Waals surface area contributed by atoms with Crippen LogP contribution in [0.4, 0.5) is 5.69 Å². The molecular formula is C26H32N4O3S. The lowest BCUT2D eigenvalue weighted by atomic mass is 10.0. The van der Waals surface area contributed by atoms with Crippen molar-refractivity contribution in [2.45, 2.75) is 20.4 Å². The molecule has 0 unspecified atom stereocenters. The Balaban J connectivity index is 1.56. The smallest absolute Gasteiger partial charge is 0.253 e. The number of anilines is 1. The molecular weight excluding hydrogens is 448 g/mol. The molecule has 180 valence electrons. The van der Waals surface area contributed by atoms with Gasteiger partial charge in [0.1, 0.15) is 5.75 Å².